The quantitative estimate of drug-likeness (QED) is 0.443. The molecular weight excluding hydrogens is 320 g/mol. The minimum absolute atomic E-state index is 0.173. The molecule has 25 heavy (non-hydrogen) atoms. The van der Waals surface area contributed by atoms with Crippen LogP contribution in [0.4, 0.5) is 0 Å². The Hall–Kier alpha value is -2.02. The number of furan rings is 1. The smallest absolute Gasteiger partial charge is 0.310 e. The van der Waals surface area contributed by atoms with Crippen molar-refractivity contribution in [2.24, 2.45) is 10.9 Å². The molecule has 1 aliphatic heterocycles. The van der Waals surface area contributed by atoms with E-state index in [4.69, 9.17) is 9.15 Å². The lowest BCUT2D eigenvalue weighted by molar-refractivity contribution is -0.144. The van der Waals surface area contributed by atoms with Crippen LogP contribution in [0.2, 0.25) is 0 Å². The molecule has 2 rings (SSSR count). The number of hydrogen-bond donors (Lipinski definition) is 2. The highest BCUT2D eigenvalue weighted by atomic mass is 16.5. The molecule has 0 aromatic carbocycles. The molecule has 2 atom stereocenters. The van der Waals surface area contributed by atoms with Crippen LogP contribution in [-0.2, 0) is 9.53 Å². The maximum atomic E-state index is 11.5. The number of carbonyl (C=O) groups excluding carboxylic acids is 1. The lowest BCUT2D eigenvalue weighted by atomic mass is 10.1. The summed E-state index contributed by atoms with van der Waals surface area (Å²) < 4.78 is 10.4. The first kappa shape index (κ1) is 19.3. The fourth-order valence-corrected chi connectivity index (χ4v) is 3.07. The largest absolute Gasteiger partial charge is 0.469 e. The number of piperidine rings is 1. The van der Waals surface area contributed by atoms with Gasteiger partial charge in [-0.3, -0.25) is 14.7 Å². The van der Waals surface area contributed by atoms with Gasteiger partial charge >= 0.3 is 5.97 Å². The number of esters is 1. The van der Waals surface area contributed by atoms with Crippen LogP contribution >= 0.6 is 0 Å². The number of hydrogen-bond acceptors (Lipinski definition) is 5. The second-order valence-electron chi connectivity index (χ2n) is 6.39. The SMILES string of the molecule is CN=C(NCC(C)C(=O)OC)NCC(c1ccco1)N1CCCCC1. The average Bonchev–Trinajstić information content (AvgIpc) is 3.18. The summed E-state index contributed by atoms with van der Waals surface area (Å²) in [6, 6.07) is 4.13. The van der Waals surface area contributed by atoms with E-state index in [1.807, 2.05) is 19.1 Å². The van der Waals surface area contributed by atoms with Crippen LogP contribution in [0.1, 0.15) is 38.0 Å². The second-order valence-corrected chi connectivity index (χ2v) is 6.39. The number of ether oxygens (including phenoxy) is 1. The molecule has 140 valence electrons. The van der Waals surface area contributed by atoms with Crippen molar-refractivity contribution in [2.45, 2.75) is 32.2 Å². The van der Waals surface area contributed by atoms with Crippen molar-refractivity contribution in [2.75, 3.05) is 40.3 Å². The molecular formula is C18H30N4O3. The first-order valence-corrected chi connectivity index (χ1v) is 8.95. The third-order valence-corrected chi connectivity index (χ3v) is 4.57. The van der Waals surface area contributed by atoms with Gasteiger partial charge < -0.3 is 19.8 Å². The molecule has 7 heteroatoms. The van der Waals surface area contributed by atoms with Crippen LogP contribution in [0.15, 0.2) is 27.8 Å². The van der Waals surface area contributed by atoms with Crippen molar-refractivity contribution < 1.29 is 13.9 Å². The van der Waals surface area contributed by atoms with E-state index < -0.39 is 0 Å². The minimum Gasteiger partial charge on any atom is -0.469 e. The summed E-state index contributed by atoms with van der Waals surface area (Å²) in [6.45, 7) is 5.16. The maximum absolute atomic E-state index is 11.5. The van der Waals surface area contributed by atoms with Gasteiger partial charge in [-0.2, -0.15) is 0 Å². The first-order valence-electron chi connectivity index (χ1n) is 8.95. The zero-order valence-electron chi connectivity index (χ0n) is 15.5. The fourth-order valence-electron chi connectivity index (χ4n) is 3.07. The number of nitrogens with one attached hydrogen (secondary N) is 2. The van der Waals surface area contributed by atoms with Crippen molar-refractivity contribution in [1.82, 2.24) is 15.5 Å². The van der Waals surface area contributed by atoms with E-state index in [-0.39, 0.29) is 17.9 Å². The Kier molecular flexibility index (Phi) is 7.78. The zero-order valence-corrected chi connectivity index (χ0v) is 15.5. The molecule has 1 fully saturated rings. The van der Waals surface area contributed by atoms with Gasteiger partial charge in [0.15, 0.2) is 5.96 Å². The Balaban J connectivity index is 1.90. The van der Waals surface area contributed by atoms with E-state index in [9.17, 15) is 4.79 Å². The molecule has 1 saturated heterocycles. The van der Waals surface area contributed by atoms with E-state index in [0.29, 0.717) is 19.0 Å². The average molecular weight is 350 g/mol. The third kappa shape index (κ3) is 5.77. The monoisotopic (exact) mass is 350 g/mol. The molecule has 1 aromatic heterocycles. The minimum atomic E-state index is -0.232. The molecule has 1 aromatic rings. The standard InChI is InChI=1S/C18H30N4O3/c1-14(17(23)24-3)12-20-18(19-2)21-13-15(16-8-7-11-25-16)22-9-5-4-6-10-22/h7-8,11,14-15H,4-6,9-10,12-13H2,1-3H3,(H2,19,20,21). The summed E-state index contributed by atoms with van der Waals surface area (Å²) in [6.07, 6.45) is 5.46. The summed E-state index contributed by atoms with van der Waals surface area (Å²) in [7, 11) is 3.12. The molecule has 2 unspecified atom stereocenters. The van der Waals surface area contributed by atoms with Gasteiger partial charge in [0.2, 0.25) is 0 Å². The molecule has 0 bridgehead atoms. The van der Waals surface area contributed by atoms with Crippen LogP contribution < -0.4 is 10.6 Å². The second kappa shape index (κ2) is 10.1. The summed E-state index contributed by atoms with van der Waals surface area (Å²) in [5, 5.41) is 6.53. The van der Waals surface area contributed by atoms with E-state index in [2.05, 4.69) is 20.5 Å². The Morgan fingerprint density at radius 1 is 1.32 bits per heavy atom. The number of rotatable bonds is 7. The number of carbonyl (C=O) groups is 1. The predicted molar refractivity (Wildman–Crippen MR) is 97.4 cm³/mol. The molecule has 7 nitrogen and oxygen atoms in total. The maximum Gasteiger partial charge on any atom is 0.310 e. The lowest BCUT2D eigenvalue weighted by Crippen LogP contribution is -2.45. The Bertz CT molecular complexity index is 539. The Morgan fingerprint density at radius 3 is 2.64 bits per heavy atom. The molecule has 1 aliphatic rings. The van der Waals surface area contributed by atoms with Crippen LogP contribution in [0, 0.1) is 5.92 Å². The molecule has 2 N–H and O–H groups in total. The third-order valence-electron chi connectivity index (χ3n) is 4.57. The van der Waals surface area contributed by atoms with Crippen molar-refractivity contribution >= 4 is 11.9 Å². The number of likely N-dealkylation sites (tertiary alicyclic amines) is 1. The summed E-state index contributed by atoms with van der Waals surface area (Å²) >= 11 is 0. The summed E-state index contributed by atoms with van der Waals surface area (Å²) in [5.41, 5.74) is 0. The first-order chi connectivity index (χ1) is 12.2. The van der Waals surface area contributed by atoms with Crippen molar-refractivity contribution in [3.63, 3.8) is 0 Å². The van der Waals surface area contributed by atoms with E-state index in [1.165, 1.54) is 26.4 Å². The van der Waals surface area contributed by atoms with Gasteiger partial charge in [-0.25, -0.2) is 0 Å². The lowest BCUT2D eigenvalue weighted by Gasteiger charge is -2.33. The van der Waals surface area contributed by atoms with Gasteiger partial charge in [-0.15, -0.1) is 0 Å². The van der Waals surface area contributed by atoms with Crippen LogP contribution in [0.25, 0.3) is 0 Å². The number of nitrogens with zero attached hydrogens (tertiary/aromatic N) is 2. The van der Waals surface area contributed by atoms with Gasteiger partial charge in [0.25, 0.3) is 0 Å². The van der Waals surface area contributed by atoms with Gasteiger partial charge in [0.1, 0.15) is 5.76 Å². The summed E-state index contributed by atoms with van der Waals surface area (Å²) in [4.78, 5) is 18.2. The number of methoxy groups -OCH3 is 1. The normalized spacial score (nSPS) is 18.4. The Morgan fingerprint density at radius 2 is 2.04 bits per heavy atom. The van der Waals surface area contributed by atoms with E-state index >= 15 is 0 Å². The number of aliphatic imine (C=N–C) groups is 1. The van der Waals surface area contributed by atoms with Gasteiger partial charge in [-0.1, -0.05) is 13.3 Å². The van der Waals surface area contributed by atoms with Crippen molar-refractivity contribution in [3.8, 4) is 0 Å². The number of guanidine groups is 1. The topological polar surface area (TPSA) is 79.1 Å². The Labute approximate surface area is 149 Å². The van der Waals surface area contributed by atoms with Gasteiger partial charge in [0, 0.05) is 20.1 Å². The highest BCUT2D eigenvalue weighted by Gasteiger charge is 2.24. The van der Waals surface area contributed by atoms with Crippen LogP contribution in [-0.4, -0.2) is 57.2 Å². The molecule has 0 aliphatic carbocycles. The predicted octanol–water partition coefficient (Wildman–Crippen LogP) is 1.78. The molecule has 0 saturated carbocycles. The van der Waals surface area contributed by atoms with Gasteiger partial charge in [0.05, 0.1) is 25.3 Å². The van der Waals surface area contributed by atoms with E-state index in [0.717, 1.165) is 18.8 Å². The highest BCUT2D eigenvalue weighted by molar-refractivity contribution is 5.80. The molecule has 0 amide bonds. The van der Waals surface area contributed by atoms with Gasteiger partial charge in [-0.05, 0) is 38.1 Å². The van der Waals surface area contributed by atoms with Crippen molar-refractivity contribution in [3.05, 3.63) is 24.2 Å². The zero-order chi connectivity index (χ0) is 18.1. The molecule has 0 radical (unpaired) electrons. The molecule has 2 heterocycles. The summed E-state index contributed by atoms with van der Waals surface area (Å²) in [5.74, 6) is 1.17. The highest BCUT2D eigenvalue weighted by Crippen LogP contribution is 2.24. The van der Waals surface area contributed by atoms with E-state index in [1.54, 1.807) is 13.3 Å². The van der Waals surface area contributed by atoms with Crippen LogP contribution in [0.3, 0.4) is 0 Å². The molecule has 0 spiro atoms. The fraction of sp³-hybridized carbons (Fsp3) is 0.667. The van der Waals surface area contributed by atoms with Crippen molar-refractivity contribution in [1.29, 1.82) is 0 Å². The van der Waals surface area contributed by atoms with Crippen LogP contribution in [0.5, 0.6) is 0 Å².